The summed E-state index contributed by atoms with van der Waals surface area (Å²) in [5.41, 5.74) is 3.84. The summed E-state index contributed by atoms with van der Waals surface area (Å²) in [6.45, 7) is 6.36. The zero-order valence-corrected chi connectivity index (χ0v) is 12.3. The van der Waals surface area contributed by atoms with Crippen LogP contribution in [0.25, 0.3) is 11.3 Å². The molecule has 0 amide bonds. The van der Waals surface area contributed by atoms with E-state index in [2.05, 4.69) is 59.3 Å². The maximum atomic E-state index is 4.61. The van der Waals surface area contributed by atoms with E-state index in [0.717, 1.165) is 19.1 Å². The van der Waals surface area contributed by atoms with Crippen LogP contribution in [-0.2, 0) is 13.1 Å². The average Bonchev–Trinajstić information content (AvgIpc) is 3.19. The summed E-state index contributed by atoms with van der Waals surface area (Å²) in [4.78, 5) is 0. The maximum absolute atomic E-state index is 4.61. The molecule has 2 aromatic rings. The van der Waals surface area contributed by atoms with Crippen LogP contribution in [0.1, 0.15) is 32.3 Å². The highest BCUT2D eigenvalue weighted by Gasteiger charge is 2.21. The van der Waals surface area contributed by atoms with E-state index in [4.69, 9.17) is 0 Å². The summed E-state index contributed by atoms with van der Waals surface area (Å²) in [5, 5.41) is 8.20. The number of nitrogens with one attached hydrogen (secondary N) is 1. The molecule has 3 rings (SSSR count). The highest BCUT2D eigenvalue weighted by molar-refractivity contribution is 5.63. The van der Waals surface area contributed by atoms with Crippen molar-refractivity contribution in [3.05, 3.63) is 42.1 Å². The van der Waals surface area contributed by atoms with Crippen LogP contribution in [0.3, 0.4) is 0 Å². The van der Waals surface area contributed by atoms with Gasteiger partial charge in [0.2, 0.25) is 0 Å². The topological polar surface area (TPSA) is 29.9 Å². The van der Waals surface area contributed by atoms with Crippen molar-refractivity contribution >= 4 is 0 Å². The maximum Gasteiger partial charge on any atom is 0.0727 e. The fourth-order valence-electron chi connectivity index (χ4n) is 2.51. The lowest BCUT2D eigenvalue weighted by Gasteiger charge is -2.12. The Morgan fingerprint density at radius 2 is 2.00 bits per heavy atom. The number of aromatic nitrogens is 2. The number of rotatable bonds is 6. The van der Waals surface area contributed by atoms with Gasteiger partial charge in [0, 0.05) is 30.3 Å². The van der Waals surface area contributed by atoms with Crippen molar-refractivity contribution in [2.45, 2.75) is 45.8 Å². The van der Waals surface area contributed by atoms with E-state index >= 15 is 0 Å². The molecule has 1 aliphatic carbocycles. The Kier molecular flexibility index (Phi) is 3.88. The molecule has 0 bridgehead atoms. The molecule has 1 aromatic heterocycles. The zero-order valence-electron chi connectivity index (χ0n) is 12.3. The van der Waals surface area contributed by atoms with Crippen molar-refractivity contribution in [2.24, 2.45) is 5.92 Å². The Morgan fingerprint density at radius 3 is 2.65 bits per heavy atom. The molecule has 0 atom stereocenters. The van der Waals surface area contributed by atoms with Crippen LogP contribution in [0.15, 0.2) is 36.5 Å². The lowest BCUT2D eigenvalue weighted by Crippen LogP contribution is -2.16. The minimum atomic E-state index is 0.599. The highest BCUT2D eigenvalue weighted by atomic mass is 15.3. The molecule has 3 heteroatoms. The van der Waals surface area contributed by atoms with Gasteiger partial charge in [0.25, 0.3) is 0 Å². The SMILES string of the molecule is CC(C)Cn1ncc(CNC2CC2)c1-c1ccccc1. The Balaban J connectivity index is 1.90. The van der Waals surface area contributed by atoms with Gasteiger partial charge in [-0.3, -0.25) is 4.68 Å². The number of hydrogen-bond donors (Lipinski definition) is 1. The lowest BCUT2D eigenvalue weighted by atomic mass is 10.1. The largest absolute Gasteiger partial charge is 0.310 e. The average molecular weight is 269 g/mol. The van der Waals surface area contributed by atoms with Gasteiger partial charge in [0.15, 0.2) is 0 Å². The first-order chi connectivity index (χ1) is 9.74. The van der Waals surface area contributed by atoms with Gasteiger partial charge in [-0.1, -0.05) is 44.2 Å². The van der Waals surface area contributed by atoms with Crippen LogP contribution in [0.2, 0.25) is 0 Å². The summed E-state index contributed by atoms with van der Waals surface area (Å²) in [6, 6.07) is 11.3. The Labute approximate surface area is 121 Å². The second kappa shape index (κ2) is 5.80. The second-order valence-electron chi connectivity index (χ2n) is 6.12. The molecule has 1 aliphatic rings. The van der Waals surface area contributed by atoms with Crippen LogP contribution in [0, 0.1) is 5.92 Å². The summed E-state index contributed by atoms with van der Waals surface area (Å²) in [5.74, 6) is 0.599. The van der Waals surface area contributed by atoms with Gasteiger partial charge in [-0.15, -0.1) is 0 Å². The predicted molar refractivity (Wildman–Crippen MR) is 82.4 cm³/mol. The molecule has 20 heavy (non-hydrogen) atoms. The third-order valence-corrected chi connectivity index (χ3v) is 3.66. The lowest BCUT2D eigenvalue weighted by molar-refractivity contribution is 0.487. The molecule has 0 radical (unpaired) electrons. The van der Waals surface area contributed by atoms with E-state index in [9.17, 15) is 0 Å². The Morgan fingerprint density at radius 1 is 1.25 bits per heavy atom. The monoisotopic (exact) mass is 269 g/mol. The van der Waals surface area contributed by atoms with E-state index in [1.165, 1.54) is 29.7 Å². The van der Waals surface area contributed by atoms with E-state index in [1.807, 2.05) is 6.20 Å². The fraction of sp³-hybridized carbons (Fsp3) is 0.471. The zero-order chi connectivity index (χ0) is 13.9. The summed E-state index contributed by atoms with van der Waals surface area (Å²) in [7, 11) is 0. The molecule has 1 aromatic carbocycles. The number of nitrogens with zero attached hydrogens (tertiary/aromatic N) is 2. The van der Waals surface area contributed by atoms with Crippen molar-refractivity contribution in [1.82, 2.24) is 15.1 Å². The van der Waals surface area contributed by atoms with Crippen molar-refractivity contribution in [2.75, 3.05) is 0 Å². The van der Waals surface area contributed by atoms with E-state index in [0.29, 0.717) is 5.92 Å². The molecule has 0 spiro atoms. The second-order valence-corrected chi connectivity index (χ2v) is 6.12. The van der Waals surface area contributed by atoms with Crippen molar-refractivity contribution in [1.29, 1.82) is 0 Å². The first kappa shape index (κ1) is 13.4. The van der Waals surface area contributed by atoms with Gasteiger partial charge in [-0.25, -0.2) is 0 Å². The van der Waals surface area contributed by atoms with E-state index in [-0.39, 0.29) is 0 Å². The van der Waals surface area contributed by atoms with Crippen LogP contribution >= 0.6 is 0 Å². The third-order valence-electron chi connectivity index (χ3n) is 3.66. The van der Waals surface area contributed by atoms with Gasteiger partial charge >= 0.3 is 0 Å². The Bertz CT molecular complexity index is 553. The van der Waals surface area contributed by atoms with E-state index < -0.39 is 0 Å². The van der Waals surface area contributed by atoms with Gasteiger partial charge in [-0.05, 0) is 18.8 Å². The van der Waals surface area contributed by atoms with Crippen LogP contribution in [0.4, 0.5) is 0 Å². The smallest absolute Gasteiger partial charge is 0.0727 e. The van der Waals surface area contributed by atoms with E-state index in [1.54, 1.807) is 0 Å². The molecule has 0 saturated heterocycles. The standard InChI is InChI=1S/C17H23N3/c1-13(2)12-20-17(14-6-4-3-5-7-14)15(11-19-20)10-18-16-8-9-16/h3-7,11,13,16,18H,8-10,12H2,1-2H3. The van der Waals surface area contributed by atoms with Crippen molar-refractivity contribution in [3.8, 4) is 11.3 Å². The van der Waals surface area contributed by atoms with Crippen LogP contribution < -0.4 is 5.32 Å². The molecule has 1 fully saturated rings. The summed E-state index contributed by atoms with van der Waals surface area (Å²) < 4.78 is 2.16. The molecular formula is C17H23N3. The van der Waals surface area contributed by atoms with Crippen molar-refractivity contribution < 1.29 is 0 Å². The number of hydrogen-bond acceptors (Lipinski definition) is 2. The molecule has 0 aliphatic heterocycles. The Hall–Kier alpha value is -1.61. The van der Waals surface area contributed by atoms with Gasteiger partial charge in [0.1, 0.15) is 0 Å². The third kappa shape index (κ3) is 3.10. The highest BCUT2D eigenvalue weighted by Crippen LogP contribution is 2.26. The molecule has 106 valence electrons. The quantitative estimate of drug-likeness (QED) is 0.870. The first-order valence-electron chi connectivity index (χ1n) is 7.57. The van der Waals surface area contributed by atoms with Crippen molar-refractivity contribution in [3.63, 3.8) is 0 Å². The van der Waals surface area contributed by atoms with Gasteiger partial charge in [-0.2, -0.15) is 5.10 Å². The summed E-state index contributed by atoms with van der Waals surface area (Å²) >= 11 is 0. The normalized spacial score (nSPS) is 14.9. The van der Waals surface area contributed by atoms with Crippen LogP contribution in [-0.4, -0.2) is 15.8 Å². The minimum absolute atomic E-state index is 0.599. The van der Waals surface area contributed by atoms with Gasteiger partial charge in [0.05, 0.1) is 11.9 Å². The molecular weight excluding hydrogens is 246 g/mol. The molecule has 3 nitrogen and oxygen atoms in total. The molecule has 1 heterocycles. The number of benzene rings is 1. The fourth-order valence-corrected chi connectivity index (χ4v) is 2.51. The first-order valence-corrected chi connectivity index (χ1v) is 7.57. The minimum Gasteiger partial charge on any atom is -0.310 e. The predicted octanol–water partition coefficient (Wildman–Crippen LogP) is 3.46. The molecule has 1 saturated carbocycles. The molecule has 0 unspecified atom stereocenters. The van der Waals surface area contributed by atoms with Gasteiger partial charge < -0.3 is 5.32 Å². The molecule has 1 N–H and O–H groups in total. The summed E-state index contributed by atoms with van der Waals surface area (Å²) in [6.07, 6.45) is 4.67. The van der Waals surface area contributed by atoms with Crippen LogP contribution in [0.5, 0.6) is 0 Å².